The first kappa shape index (κ1) is 12.5. The van der Waals surface area contributed by atoms with Crippen LogP contribution in [0.3, 0.4) is 0 Å². The molecule has 1 aromatic rings. The van der Waals surface area contributed by atoms with E-state index in [0.29, 0.717) is 12.3 Å². The summed E-state index contributed by atoms with van der Waals surface area (Å²) in [6, 6.07) is 1.88. The molecule has 0 fully saturated rings. The third kappa shape index (κ3) is 3.50. The van der Waals surface area contributed by atoms with E-state index in [2.05, 4.69) is 20.9 Å². The normalized spacial score (nSPS) is 10.1. The fourth-order valence-corrected chi connectivity index (χ4v) is 2.32. The largest absolute Gasteiger partial charge is 0.461 e. The highest BCUT2D eigenvalue weighted by atomic mass is 79.9. The molecule has 15 heavy (non-hydrogen) atoms. The zero-order chi connectivity index (χ0) is 11.3. The lowest BCUT2D eigenvalue weighted by atomic mass is 10.3. The molecule has 0 N–H and O–H groups in total. The molecule has 5 heteroatoms. The molecular weight excluding hydrogens is 278 g/mol. The van der Waals surface area contributed by atoms with Crippen molar-refractivity contribution in [3.05, 3.63) is 22.4 Å². The number of aromatic nitrogens is 1. The number of hydrogen-bond donors (Lipinski definition) is 0. The van der Waals surface area contributed by atoms with Crippen LogP contribution in [0.1, 0.15) is 24.3 Å². The highest BCUT2D eigenvalue weighted by molar-refractivity contribution is 9.10. The minimum absolute atomic E-state index is 0.360. The maximum atomic E-state index is 11.5. The summed E-state index contributed by atoms with van der Waals surface area (Å²) in [5.41, 5.74) is 0.395. The minimum atomic E-state index is -0.360. The predicted octanol–water partition coefficient (Wildman–Crippen LogP) is 3.13. The highest BCUT2D eigenvalue weighted by Gasteiger charge is 2.14. The van der Waals surface area contributed by atoms with Crippen molar-refractivity contribution >= 4 is 33.7 Å². The van der Waals surface area contributed by atoms with Crippen LogP contribution in [0.5, 0.6) is 0 Å². The van der Waals surface area contributed by atoms with E-state index in [1.54, 1.807) is 24.9 Å². The Hall–Kier alpha value is -0.550. The number of ether oxygens (including phenoxy) is 1. The van der Waals surface area contributed by atoms with Gasteiger partial charge in [0.25, 0.3) is 0 Å². The summed E-state index contributed by atoms with van der Waals surface area (Å²) in [4.78, 5) is 16.5. The number of nitrogens with zero attached hydrogens (tertiary/aromatic N) is 1. The van der Waals surface area contributed by atoms with E-state index >= 15 is 0 Å². The third-order valence-electron chi connectivity index (χ3n) is 1.59. The molecule has 1 rings (SSSR count). The maximum absolute atomic E-state index is 11.5. The molecule has 0 radical (unpaired) electrons. The van der Waals surface area contributed by atoms with Gasteiger partial charge in [0, 0.05) is 15.6 Å². The summed E-state index contributed by atoms with van der Waals surface area (Å²) in [5, 5.41) is 0. The molecule has 3 nitrogen and oxygen atoms in total. The van der Waals surface area contributed by atoms with Crippen molar-refractivity contribution in [1.29, 1.82) is 0 Å². The summed E-state index contributed by atoms with van der Waals surface area (Å²) in [7, 11) is 0. The predicted molar refractivity (Wildman–Crippen MR) is 64.3 cm³/mol. The van der Waals surface area contributed by atoms with Crippen LogP contribution in [-0.2, 0) is 4.74 Å². The maximum Gasteiger partial charge on any atom is 0.358 e. The second kappa shape index (κ2) is 6.12. The van der Waals surface area contributed by atoms with Crippen LogP contribution < -0.4 is 0 Å². The molecule has 0 aliphatic carbocycles. The second-order valence-electron chi connectivity index (χ2n) is 2.65. The average Bonchev–Trinajstić information content (AvgIpc) is 2.18. The molecule has 0 atom stereocenters. The summed E-state index contributed by atoms with van der Waals surface area (Å²) < 4.78 is 5.79. The molecular formula is C10H12BrNO2S. The molecule has 0 unspecified atom stereocenters. The highest BCUT2D eigenvalue weighted by Crippen LogP contribution is 2.24. The van der Waals surface area contributed by atoms with Crippen molar-refractivity contribution in [3.8, 4) is 0 Å². The molecule has 0 spiro atoms. The van der Waals surface area contributed by atoms with Crippen molar-refractivity contribution in [3.63, 3.8) is 0 Å². The molecule has 0 amide bonds. The van der Waals surface area contributed by atoms with Crippen LogP contribution in [-0.4, -0.2) is 23.3 Å². The quantitative estimate of drug-likeness (QED) is 0.631. The van der Waals surface area contributed by atoms with Crippen LogP contribution in [0.15, 0.2) is 21.6 Å². The molecule has 0 saturated heterocycles. The average molecular weight is 290 g/mol. The Bertz CT molecular complexity index is 357. The number of esters is 1. The van der Waals surface area contributed by atoms with Gasteiger partial charge in [-0.05, 0) is 34.7 Å². The lowest BCUT2D eigenvalue weighted by Gasteiger charge is -2.06. The van der Waals surface area contributed by atoms with Gasteiger partial charge in [-0.15, -0.1) is 11.8 Å². The van der Waals surface area contributed by atoms with Gasteiger partial charge in [-0.3, -0.25) is 0 Å². The molecule has 1 heterocycles. The van der Waals surface area contributed by atoms with E-state index < -0.39 is 0 Å². The van der Waals surface area contributed by atoms with Crippen LogP contribution in [0.25, 0.3) is 0 Å². The first-order valence-corrected chi connectivity index (χ1v) is 6.42. The van der Waals surface area contributed by atoms with E-state index in [0.717, 1.165) is 15.1 Å². The van der Waals surface area contributed by atoms with Gasteiger partial charge in [0.05, 0.1) is 6.61 Å². The molecule has 0 bridgehead atoms. The van der Waals surface area contributed by atoms with Gasteiger partial charge in [-0.2, -0.15) is 0 Å². The van der Waals surface area contributed by atoms with Crippen molar-refractivity contribution in [1.82, 2.24) is 4.98 Å². The minimum Gasteiger partial charge on any atom is -0.461 e. The van der Waals surface area contributed by atoms with Crippen LogP contribution in [0.2, 0.25) is 0 Å². The number of halogens is 1. The zero-order valence-electron chi connectivity index (χ0n) is 8.62. The first-order chi connectivity index (χ1) is 7.19. The van der Waals surface area contributed by atoms with Gasteiger partial charge < -0.3 is 4.74 Å². The standard InChI is InChI=1S/C10H12BrNO2S/c1-3-14-10(13)9-8(15-4-2)5-7(11)6-12-9/h5-6H,3-4H2,1-2H3. The van der Waals surface area contributed by atoms with Gasteiger partial charge in [0.15, 0.2) is 5.69 Å². The van der Waals surface area contributed by atoms with Crippen LogP contribution >= 0.6 is 27.7 Å². The number of pyridine rings is 1. The summed E-state index contributed by atoms with van der Waals surface area (Å²) >= 11 is 4.90. The van der Waals surface area contributed by atoms with Crippen molar-refractivity contribution in [2.75, 3.05) is 12.4 Å². The second-order valence-corrected chi connectivity index (χ2v) is 4.88. The number of thioether (sulfide) groups is 1. The summed E-state index contributed by atoms with van der Waals surface area (Å²) in [6.45, 7) is 4.18. The number of carbonyl (C=O) groups is 1. The van der Waals surface area contributed by atoms with Gasteiger partial charge in [0.2, 0.25) is 0 Å². The summed E-state index contributed by atoms with van der Waals surface area (Å²) in [6.07, 6.45) is 1.60. The van der Waals surface area contributed by atoms with Crippen molar-refractivity contribution < 1.29 is 9.53 Å². The lowest BCUT2D eigenvalue weighted by Crippen LogP contribution is -2.08. The van der Waals surface area contributed by atoms with E-state index in [1.807, 2.05) is 13.0 Å². The Morgan fingerprint density at radius 2 is 2.33 bits per heavy atom. The topological polar surface area (TPSA) is 39.2 Å². The lowest BCUT2D eigenvalue weighted by molar-refractivity contribution is 0.0515. The van der Waals surface area contributed by atoms with E-state index in [4.69, 9.17) is 4.74 Å². The fraction of sp³-hybridized carbons (Fsp3) is 0.400. The van der Waals surface area contributed by atoms with Crippen molar-refractivity contribution in [2.45, 2.75) is 18.7 Å². The molecule has 82 valence electrons. The molecule has 0 aromatic carbocycles. The van der Waals surface area contributed by atoms with Gasteiger partial charge in [-0.25, -0.2) is 9.78 Å². The van der Waals surface area contributed by atoms with Gasteiger partial charge >= 0.3 is 5.97 Å². The molecule has 1 aromatic heterocycles. The SMILES string of the molecule is CCOC(=O)c1ncc(Br)cc1SCC. The third-order valence-corrected chi connectivity index (χ3v) is 2.93. The number of rotatable bonds is 4. The number of carbonyl (C=O) groups excluding carboxylic acids is 1. The smallest absolute Gasteiger partial charge is 0.358 e. The van der Waals surface area contributed by atoms with Crippen molar-refractivity contribution in [2.24, 2.45) is 0 Å². The Kier molecular flexibility index (Phi) is 5.11. The first-order valence-electron chi connectivity index (χ1n) is 4.64. The Balaban J connectivity index is 2.99. The van der Waals surface area contributed by atoms with E-state index in [9.17, 15) is 4.79 Å². The number of hydrogen-bond acceptors (Lipinski definition) is 4. The van der Waals surface area contributed by atoms with E-state index in [1.165, 1.54) is 0 Å². The van der Waals surface area contributed by atoms with Crippen LogP contribution in [0.4, 0.5) is 0 Å². The molecule has 0 saturated carbocycles. The zero-order valence-corrected chi connectivity index (χ0v) is 11.0. The van der Waals surface area contributed by atoms with Gasteiger partial charge in [-0.1, -0.05) is 6.92 Å². The Morgan fingerprint density at radius 1 is 1.60 bits per heavy atom. The summed E-state index contributed by atoms with van der Waals surface area (Å²) in [5.74, 6) is 0.533. The van der Waals surface area contributed by atoms with Crippen LogP contribution in [0, 0.1) is 0 Å². The van der Waals surface area contributed by atoms with Gasteiger partial charge in [0.1, 0.15) is 0 Å². The monoisotopic (exact) mass is 289 g/mol. The molecule has 0 aliphatic heterocycles. The Labute approximate surface area is 102 Å². The van der Waals surface area contributed by atoms with E-state index in [-0.39, 0.29) is 5.97 Å². The molecule has 0 aliphatic rings. The fourth-order valence-electron chi connectivity index (χ4n) is 1.04. The Morgan fingerprint density at radius 3 is 2.93 bits per heavy atom.